The lowest BCUT2D eigenvalue weighted by molar-refractivity contribution is 0.120. The molecule has 0 rings (SSSR count). The standard InChI is InChI=1S/C13H33NO6Si2/c1-14(10-8-12-21(15-2,16-3)17-4)11-9-13-22(18-5,19-6)20-7/h8-13H2,1-7H3/q-2. The molecule has 0 aliphatic carbocycles. The molecule has 0 aliphatic rings. The van der Waals surface area contributed by atoms with Gasteiger partial charge in [0.2, 0.25) is 0 Å². The minimum Gasteiger partial charge on any atom is -0.527 e. The summed E-state index contributed by atoms with van der Waals surface area (Å²) in [5.74, 6) is 0. The molecule has 0 atom stereocenters. The van der Waals surface area contributed by atoms with Gasteiger partial charge in [-0.1, -0.05) is 24.9 Å². The average molecular weight is 356 g/mol. The molecule has 0 saturated heterocycles. The van der Waals surface area contributed by atoms with Crippen molar-refractivity contribution in [2.24, 2.45) is 0 Å². The van der Waals surface area contributed by atoms with Gasteiger partial charge in [-0.25, -0.2) is 0 Å². The van der Waals surface area contributed by atoms with Crippen LogP contribution in [-0.4, -0.2) is 85.3 Å². The Kier molecular flexibility index (Phi) is 11.7. The minimum atomic E-state index is -2.44. The van der Waals surface area contributed by atoms with Crippen molar-refractivity contribution in [3.05, 3.63) is 0 Å². The molecular formula is C13H33NO6Si2-2. The van der Waals surface area contributed by atoms with Gasteiger partial charge < -0.3 is 31.5 Å². The van der Waals surface area contributed by atoms with Crippen molar-refractivity contribution in [3.63, 3.8) is 0 Å². The van der Waals surface area contributed by atoms with Crippen molar-refractivity contribution in [2.75, 3.05) is 62.8 Å². The van der Waals surface area contributed by atoms with Crippen LogP contribution in [0, 0.1) is 0 Å². The summed E-state index contributed by atoms with van der Waals surface area (Å²) in [6.45, 7) is 1.93. The number of hydrogen-bond donors (Lipinski definition) is 0. The molecule has 0 spiro atoms. The van der Waals surface area contributed by atoms with Gasteiger partial charge in [-0.15, -0.1) is 0 Å². The van der Waals surface area contributed by atoms with Crippen molar-refractivity contribution in [1.82, 2.24) is 4.90 Å². The molecule has 0 N–H and O–H groups in total. The van der Waals surface area contributed by atoms with Crippen LogP contribution < -0.4 is 0 Å². The highest BCUT2D eigenvalue weighted by atomic mass is 28.4. The van der Waals surface area contributed by atoms with Crippen molar-refractivity contribution >= 4 is 17.6 Å². The van der Waals surface area contributed by atoms with Crippen LogP contribution in [0.3, 0.4) is 0 Å². The zero-order valence-corrected chi connectivity index (χ0v) is 17.1. The molecule has 0 aliphatic heterocycles. The van der Waals surface area contributed by atoms with Crippen LogP contribution in [0.1, 0.15) is 12.8 Å². The summed E-state index contributed by atoms with van der Waals surface area (Å²) < 4.78 is 32.5. The highest BCUT2D eigenvalue weighted by molar-refractivity contribution is 6.60. The molecule has 0 fully saturated rings. The van der Waals surface area contributed by atoms with Gasteiger partial charge in [0, 0.05) is 0 Å². The summed E-state index contributed by atoms with van der Waals surface area (Å²) in [7, 11) is 7.09. The third kappa shape index (κ3) is 7.15. The van der Waals surface area contributed by atoms with Gasteiger partial charge in [-0.2, -0.15) is 0 Å². The second-order valence-corrected chi connectivity index (χ2v) is 11.3. The van der Waals surface area contributed by atoms with Gasteiger partial charge >= 0.3 is 0 Å². The summed E-state index contributed by atoms with van der Waals surface area (Å²) >= 11 is 0. The van der Waals surface area contributed by atoms with Crippen LogP contribution in [0.4, 0.5) is 0 Å². The molecule has 0 amide bonds. The van der Waals surface area contributed by atoms with E-state index in [0.29, 0.717) is 0 Å². The van der Waals surface area contributed by atoms with E-state index in [9.17, 15) is 0 Å². The average Bonchev–Trinajstić information content (AvgIpc) is 2.56. The summed E-state index contributed by atoms with van der Waals surface area (Å²) in [5.41, 5.74) is 0. The zero-order chi connectivity index (χ0) is 17.1. The Bertz CT molecular complexity index is 235. The Morgan fingerprint density at radius 1 is 0.591 bits per heavy atom. The van der Waals surface area contributed by atoms with Crippen LogP contribution in [0.15, 0.2) is 0 Å². The van der Waals surface area contributed by atoms with Crippen LogP contribution in [-0.2, 0) is 26.6 Å². The SMILES string of the molecule is CO[Si-](CCCN(C)CCC[Si-](OC)(OC)OC)(OC)OC. The monoisotopic (exact) mass is 355 g/mol. The number of rotatable bonds is 14. The van der Waals surface area contributed by atoms with Crippen molar-refractivity contribution in [3.8, 4) is 0 Å². The first-order valence-electron chi connectivity index (χ1n) is 7.46. The van der Waals surface area contributed by atoms with Crippen LogP contribution >= 0.6 is 0 Å². The number of hydrogen-bond acceptors (Lipinski definition) is 7. The van der Waals surface area contributed by atoms with E-state index >= 15 is 0 Å². The normalized spacial score (nSPS) is 13.1. The molecular weight excluding hydrogens is 322 g/mol. The topological polar surface area (TPSA) is 58.6 Å². The van der Waals surface area contributed by atoms with Gasteiger partial charge in [0.1, 0.15) is 0 Å². The highest BCUT2D eigenvalue weighted by Crippen LogP contribution is 2.17. The Labute approximate surface area is 137 Å². The molecule has 9 heteroatoms. The Balaban J connectivity index is 4.03. The summed E-state index contributed by atoms with van der Waals surface area (Å²) in [5, 5.41) is 0. The Morgan fingerprint density at radius 3 is 1.09 bits per heavy atom. The minimum absolute atomic E-state index is 0.813. The molecule has 0 unspecified atom stereocenters. The quantitative estimate of drug-likeness (QED) is 0.437. The van der Waals surface area contributed by atoms with E-state index in [-0.39, 0.29) is 0 Å². The second kappa shape index (κ2) is 11.7. The lowest BCUT2D eigenvalue weighted by Crippen LogP contribution is -2.43. The van der Waals surface area contributed by atoms with E-state index in [1.165, 1.54) is 0 Å². The molecule has 0 saturated carbocycles. The third-order valence-electron chi connectivity index (χ3n) is 3.91. The van der Waals surface area contributed by atoms with Crippen LogP contribution in [0.25, 0.3) is 0 Å². The zero-order valence-electron chi connectivity index (χ0n) is 15.1. The van der Waals surface area contributed by atoms with E-state index < -0.39 is 17.6 Å². The molecule has 22 heavy (non-hydrogen) atoms. The maximum atomic E-state index is 5.42. The fraction of sp³-hybridized carbons (Fsp3) is 1.00. The summed E-state index contributed by atoms with van der Waals surface area (Å²) in [6.07, 6.45) is 1.94. The molecule has 0 aromatic carbocycles. The largest absolute Gasteiger partial charge is 0.527 e. The van der Waals surface area contributed by atoms with Gasteiger partial charge in [-0.3, -0.25) is 0 Å². The fourth-order valence-electron chi connectivity index (χ4n) is 2.36. The van der Waals surface area contributed by atoms with Crippen LogP contribution in [0.2, 0.25) is 12.1 Å². The predicted octanol–water partition coefficient (Wildman–Crippen LogP) is 1.45. The van der Waals surface area contributed by atoms with Gasteiger partial charge in [0.05, 0.1) is 0 Å². The van der Waals surface area contributed by atoms with Gasteiger partial charge in [0.15, 0.2) is 0 Å². The first-order valence-corrected chi connectivity index (χ1v) is 11.3. The van der Waals surface area contributed by atoms with E-state index in [1.807, 2.05) is 0 Å². The van der Waals surface area contributed by atoms with E-state index in [0.717, 1.165) is 38.0 Å². The molecule has 0 heterocycles. The van der Waals surface area contributed by atoms with Crippen molar-refractivity contribution in [2.45, 2.75) is 24.9 Å². The highest BCUT2D eigenvalue weighted by Gasteiger charge is 2.22. The Morgan fingerprint density at radius 2 is 0.864 bits per heavy atom. The Hall–Kier alpha value is 0.154. The smallest absolute Gasteiger partial charge is 0.280 e. The number of nitrogens with zero attached hydrogens (tertiary/aromatic N) is 1. The molecule has 0 aromatic rings. The molecule has 136 valence electrons. The second-order valence-electron chi connectivity index (χ2n) is 5.10. The third-order valence-corrected chi connectivity index (χ3v) is 9.58. The van der Waals surface area contributed by atoms with E-state index in [1.54, 1.807) is 42.7 Å². The van der Waals surface area contributed by atoms with Crippen molar-refractivity contribution in [1.29, 1.82) is 0 Å². The van der Waals surface area contributed by atoms with Crippen molar-refractivity contribution < 1.29 is 26.6 Å². The lowest BCUT2D eigenvalue weighted by atomic mass is 10.4. The van der Waals surface area contributed by atoms with Crippen LogP contribution in [0.5, 0.6) is 0 Å². The molecule has 0 aromatic heterocycles. The lowest BCUT2D eigenvalue weighted by Gasteiger charge is -2.39. The summed E-state index contributed by atoms with van der Waals surface area (Å²) in [6, 6.07) is 1.63. The van der Waals surface area contributed by atoms with Gasteiger partial charge in [0.25, 0.3) is 17.6 Å². The first-order chi connectivity index (χ1) is 10.5. The van der Waals surface area contributed by atoms with E-state index in [2.05, 4.69) is 11.9 Å². The maximum absolute atomic E-state index is 5.42. The molecule has 0 bridgehead atoms. The molecule has 0 radical (unpaired) electrons. The predicted molar refractivity (Wildman–Crippen MR) is 89.9 cm³/mol. The van der Waals surface area contributed by atoms with E-state index in [4.69, 9.17) is 26.6 Å². The maximum Gasteiger partial charge on any atom is 0.280 e. The summed E-state index contributed by atoms with van der Waals surface area (Å²) in [4.78, 5) is 2.28. The first kappa shape index (κ1) is 22.2. The van der Waals surface area contributed by atoms with Gasteiger partial charge in [-0.05, 0) is 62.8 Å². The molecule has 7 nitrogen and oxygen atoms in total. The fourth-order valence-corrected chi connectivity index (χ4v) is 5.76.